The number of nitrogens with zero attached hydrogens (tertiary/aromatic N) is 5. The van der Waals surface area contributed by atoms with Crippen molar-refractivity contribution in [2.75, 3.05) is 14.1 Å². The van der Waals surface area contributed by atoms with Crippen LogP contribution in [0.4, 0.5) is 0 Å². The highest BCUT2D eigenvalue weighted by Crippen LogP contribution is 2.22. The fraction of sp³-hybridized carbons (Fsp3) is 0.176. The molecule has 2 heterocycles. The van der Waals surface area contributed by atoms with E-state index in [9.17, 15) is 4.79 Å². The Bertz CT molecular complexity index is 895. The molecule has 2 aromatic heterocycles. The number of aryl methyl sites for hydroxylation is 1. The minimum Gasteiger partial charge on any atom is -0.369 e. The fourth-order valence-corrected chi connectivity index (χ4v) is 2.30. The van der Waals surface area contributed by atoms with Gasteiger partial charge in [-0.25, -0.2) is 9.50 Å². The van der Waals surface area contributed by atoms with Crippen molar-refractivity contribution in [1.29, 1.82) is 0 Å². The number of carbonyl (C=O) groups excluding carboxylic acids is 1. The Labute approximate surface area is 134 Å². The van der Waals surface area contributed by atoms with Gasteiger partial charge in [0, 0.05) is 25.9 Å². The van der Waals surface area contributed by atoms with Gasteiger partial charge in [-0.15, -0.1) is 0 Å². The van der Waals surface area contributed by atoms with Gasteiger partial charge in [-0.3, -0.25) is 4.79 Å². The van der Waals surface area contributed by atoms with E-state index in [-0.39, 0.29) is 5.91 Å². The van der Waals surface area contributed by atoms with E-state index in [4.69, 9.17) is 0 Å². The molecule has 116 valence electrons. The summed E-state index contributed by atoms with van der Waals surface area (Å²) in [5, 5.41) is 4.32. The summed E-state index contributed by atoms with van der Waals surface area (Å²) in [5.41, 5.74) is 3.96. The molecule has 3 aromatic rings. The molecular weight excluding hydrogens is 290 g/mol. The second kappa shape index (κ2) is 6.00. The molecule has 0 fully saturated rings. The first-order valence-corrected chi connectivity index (χ1v) is 7.21. The van der Waals surface area contributed by atoms with Gasteiger partial charge in [-0.2, -0.15) is 10.1 Å². The molecule has 1 amide bonds. The van der Waals surface area contributed by atoms with Crippen LogP contribution in [0.1, 0.15) is 15.9 Å². The fourth-order valence-electron chi connectivity index (χ4n) is 2.30. The van der Waals surface area contributed by atoms with Crippen molar-refractivity contribution in [3.63, 3.8) is 0 Å². The molecule has 1 aromatic carbocycles. The van der Waals surface area contributed by atoms with E-state index in [1.807, 2.05) is 31.2 Å². The van der Waals surface area contributed by atoms with E-state index in [1.165, 1.54) is 12.5 Å². The van der Waals surface area contributed by atoms with Crippen LogP contribution in [0, 0.1) is 6.92 Å². The highest BCUT2D eigenvalue weighted by Gasteiger charge is 2.15. The third-order valence-electron chi connectivity index (χ3n) is 3.35. The molecule has 0 aliphatic rings. The van der Waals surface area contributed by atoms with Crippen LogP contribution in [-0.4, -0.2) is 45.8 Å². The number of carbonyl (C=O) groups is 1. The number of benzene rings is 1. The van der Waals surface area contributed by atoms with E-state index in [0.29, 0.717) is 11.2 Å². The standard InChI is InChI=1S/C17H17N5O/c1-12-5-4-6-13(9-12)15-7-8-18-16-14(10-20-22(15)16)17(23)19-11-21(2)3/h4-11H,1-3H3/b19-11+. The van der Waals surface area contributed by atoms with Crippen LogP contribution in [-0.2, 0) is 0 Å². The average molecular weight is 307 g/mol. The summed E-state index contributed by atoms with van der Waals surface area (Å²) in [5.74, 6) is -0.359. The molecule has 0 bridgehead atoms. The van der Waals surface area contributed by atoms with Gasteiger partial charge in [-0.1, -0.05) is 23.8 Å². The molecule has 0 saturated carbocycles. The van der Waals surface area contributed by atoms with E-state index >= 15 is 0 Å². The molecule has 0 N–H and O–H groups in total. The first-order valence-electron chi connectivity index (χ1n) is 7.21. The van der Waals surface area contributed by atoms with Crippen molar-refractivity contribution in [2.45, 2.75) is 6.92 Å². The molecule has 6 nitrogen and oxygen atoms in total. The highest BCUT2D eigenvalue weighted by molar-refractivity contribution is 6.03. The van der Waals surface area contributed by atoms with Gasteiger partial charge in [0.25, 0.3) is 5.91 Å². The van der Waals surface area contributed by atoms with Gasteiger partial charge in [0.05, 0.1) is 18.2 Å². The van der Waals surface area contributed by atoms with Crippen LogP contribution in [0.3, 0.4) is 0 Å². The second-order valence-corrected chi connectivity index (χ2v) is 5.51. The first kappa shape index (κ1) is 14.9. The number of amides is 1. The summed E-state index contributed by atoms with van der Waals surface area (Å²) in [6.07, 6.45) is 4.66. The predicted molar refractivity (Wildman–Crippen MR) is 89.7 cm³/mol. The van der Waals surface area contributed by atoms with Gasteiger partial charge < -0.3 is 4.90 Å². The van der Waals surface area contributed by atoms with E-state index in [0.717, 1.165) is 16.8 Å². The number of fused-ring (bicyclic) bond motifs is 1. The van der Waals surface area contributed by atoms with E-state index < -0.39 is 0 Å². The van der Waals surface area contributed by atoms with Crippen molar-refractivity contribution in [2.24, 2.45) is 4.99 Å². The predicted octanol–water partition coefficient (Wildman–Crippen LogP) is 2.43. The lowest BCUT2D eigenvalue weighted by Gasteiger charge is -2.05. The van der Waals surface area contributed by atoms with Crippen molar-refractivity contribution >= 4 is 17.9 Å². The summed E-state index contributed by atoms with van der Waals surface area (Å²) in [7, 11) is 3.61. The topological polar surface area (TPSA) is 62.9 Å². The van der Waals surface area contributed by atoms with Gasteiger partial charge in [0.1, 0.15) is 5.56 Å². The van der Waals surface area contributed by atoms with Crippen LogP contribution in [0.2, 0.25) is 0 Å². The normalized spacial score (nSPS) is 11.3. The number of aromatic nitrogens is 3. The van der Waals surface area contributed by atoms with Gasteiger partial charge in [0.2, 0.25) is 0 Å². The monoisotopic (exact) mass is 307 g/mol. The summed E-state index contributed by atoms with van der Waals surface area (Å²) in [4.78, 5) is 22.1. The summed E-state index contributed by atoms with van der Waals surface area (Å²) >= 11 is 0. The maximum absolute atomic E-state index is 12.2. The third kappa shape index (κ3) is 2.96. The maximum Gasteiger partial charge on any atom is 0.283 e. The molecule has 0 saturated heterocycles. The van der Waals surface area contributed by atoms with Crippen LogP contribution < -0.4 is 0 Å². The Kier molecular flexibility index (Phi) is 3.89. The van der Waals surface area contributed by atoms with E-state index in [2.05, 4.69) is 21.1 Å². The quantitative estimate of drug-likeness (QED) is 0.551. The SMILES string of the molecule is Cc1cccc(-c2ccnc3c(C(=O)/N=C/N(C)C)cnn23)c1. The van der Waals surface area contributed by atoms with Crippen molar-refractivity contribution in [3.8, 4) is 11.3 Å². The van der Waals surface area contributed by atoms with Crippen molar-refractivity contribution < 1.29 is 4.79 Å². The lowest BCUT2D eigenvalue weighted by molar-refractivity contribution is 0.100. The zero-order chi connectivity index (χ0) is 16.4. The molecule has 0 atom stereocenters. The van der Waals surface area contributed by atoms with Crippen molar-refractivity contribution in [1.82, 2.24) is 19.5 Å². The molecule has 0 aliphatic heterocycles. The van der Waals surface area contributed by atoms with Crippen molar-refractivity contribution in [3.05, 3.63) is 53.9 Å². The minimum atomic E-state index is -0.359. The second-order valence-electron chi connectivity index (χ2n) is 5.51. The Hall–Kier alpha value is -3.02. The number of hydrogen-bond acceptors (Lipinski definition) is 3. The van der Waals surface area contributed by atoms with Crippen LogP contribution in [0.15, 0.2) is 47.7 Å². The molecule has 0 radical (unpaired) electrons. The van der Waals surface area contributed by atoms with Crippen LogP contribution in [0.25, 0.3) is 16.9 Å². The number of aliphatic imine (C=N–C) groups is 1. The molecule has 23 heavy (non-hydrogen) atoms. The third-order valence-corrected chi connectivity index (χ3v) is 3.35. The lowest BCUT2D eigenvalue weighted by atomic mass is 10.1. The molecular formula is C17H17N5O. The summed E-state index contributed by atoms with van der Waals surface area (Å²) in [6.45, 7) is 2.04. The molecule has 0 aliphatic carbocycles. The summed E-state index contributed by atoms with van der Waals surface area (Å²) in [6, 6.07) is 9.99. The smallest absolute Gasteiger partial charge is 0.283 e. The Morgan fingerprint density at radius 2 is 2.13 bits per heavy atom. The van der Waals surface area contributed by atoms with Crippen LogP contribution >= 0.6 is 0 Å². The first-order chi connectivity index (χ1) is 11.1. The number of hydrogen-bond donors (Lipinski definition) is 0. The minimum absolute atomic E-state index is 0.359. The zero-order valence-corrected chi connectivity index (χ0v) is 13.3. The van der Waals surface area contributed by atoms with Gasteiger partial charge in [-0.05, 0) is 19.1 Å². The lowest BCUT2D eigenvalue weighted by Crippen LogP contribution is -2.09. The van der Waals surface area contributed by atoms with Gasteiger partial charge >= 0.3 is 0 Å². The largest absolute Gasteiger partial charge is 0.369 e. The Morgan fingerprint density at radius 1 is 1.30 bits per heavy atom. The Balaban J connectivity index is 2.09. The maximum atomic E-state index is 12.2. The molecule has 0 spiro atoms. The van der Waals surface area contributed by atoms with E-state index in [1.54, 1.807) is 29.7 Å². The summed E-state index contributed by atoms with van der Waals surface area (Å²) < 4.78 is 1.67. The highest BCUT2D eigenvalue weighted by atomic mass is 16.1. The molecule has 6 heteroatoms. The Morgan fingerprint density at radius 3 is 2.87 bits per heavy atom. The van der Waals surface area contributed by atoms with Crippen LogP contribution in [0.5, 0.6) is 0 Å². The average Bonchev–Trinajstić information content (AvgIpc) is 2.96. The zero-order valence-electron chi connectivity index (χ0n) is 13.3. The molecule has 0 unspecified atom stereocenters. The number of rotatable bonds is 3. The van der Waals surface area contributed by atoms with Gasteiger partial charge in [0.15, 0.2) is 5.65 Å². The molecule has 3 rings (SSSR count).